The molecule has 0 aliphatic heterocycles. The molecule has 0 bridgehead atoms. The number of carbonyl (C=O) groups excluding carboxylic acids is 1. The van der Waals surface area contributed by atoms with Crippen molar-refractivity contribution in [3.05, 3.63) is 35.5 Å². The van der Waals surface area contributed by atoms with Crippen LogP contribution in [0.3, 0.4) is 0 Å². The van der Waals surface area contributed by atoms with E-state index in [1.165, 1.54) is 0 Å². The average Bonchev–Trinajstić information content (AvgIpc) is 2.32. The Balaban J connectivity index is 2.07. The fraction of sp³-hybridized carbons (Fsp3) is 0.286. The predicted molar refractivity (Wildman–Crippen MR) is 73.2 cm³/mol. The molecule has 19 heavy (non-hydrogen) atoms. The van der Waals surface area contributed by atoms with Gasteiger partial charge in [0.25, 0.3) is 5.91 Å². The van der Waals surface area contributed by atoms with Crippen LogP contribution >= 0.6 is 11.6 Å². The van der Waals surface area contributed by atoms with Crippen LogP contribution in [-0.4, -0.2) is 16.5 Å². The number of halogens is 1. The number of nitrogens with two attached hydrogens (primary N) is 1. The second kappa shape index (κ2) is 4.38. The Kier molecular flexibility index (Phi) is 2.82. The first kappa shape index (κ1) is 12.2. The van der Waals surface area contributed by atoms with Gasteiger partial charge in [-0.15, -0.1) is 0 Å². The minimum Gasteiger partial charge on any atom is -0.477 e. The summed E-state index contributed by atoms with van der Waals surface area (Å²) in [7, 11) is 0. The molecule has 1 heterocycles. The summed E-state index contributed by atoms with van der Waals surface area (Å²) in [5.41, 5.74) is 5.31. The first-order chi connectivity index (χ1) is 9.11. The molecule has 1 aliphatic rings. The van der Waals surface area contributed by atoms with Crippen LogP contribution in [0, 0.1) is 0 Å². The van der Waals surface area contributed by atoms with Gasteiger partial charge in [0.2, 0.25) is 0 Å². The first-order valence-corrected chi connectivity index (χ1v) is 6.53. The molecule has 1 aliphatic carbocycles. The molecule has 1 saturated carbocycles. The van der Waals surface area contributed by atoms with E-state index in [9.17, 15) is 4.79 Å². The van der Waals surface area contributed by atoms with Gasteiger partial charge in [-0.2, -0.15) is 0 Å². The lowest BCUT2D eigenvalue weighted by Crippen LogP contribution is -2.54. The zero-order chi connectivity index (χ0) is 13.5. The highest BCUT2D eigenvalue weighted by Crippen LogP contribution is 2.39. The van der Waals surface area contributed by atoms with E-state index in [1.807, 2.05) is 24.3 Å². The maximum atomic E-state index is 11.6. The maximum Gasteiger partial charge on any atom is 0.261 e. The highest BCUT2D eigenvalue weighted by atomic mass is 35.5. The van der Waals surface area contributed by atoms with Crippen molar-refractivity contribution < 1.29 is 9.53 Å². The van der Waals surface area contributed by atoms with Crippen molar-refractivity contribution >= 4 is 28.4 Å². The van der Waals surface area contributed by atoms with Crippen molar-refractivity contribution in [2.45, 2.75) is 24.9 Å². The lowest BCUT2D eigenvalue weighted by atomic mass is 9.79. The lowest BCUT2D eigenvalue weighted by Gasteiger charge is -2.39. The minimum atomic E-state index is -0.881. The molecular weight excluding hydrogens is 264 g/mol. The quantitative estimate of drug-likeness (QED) is 0.877. The van der Waals surface area contributed by atoms with Crippen LogP contribution in [0.5, 0.6) is 5.75 Å². The minimum absolute atomic E-state index is 0.340. The first-order valence-electron chi connectivity index (χ1n) is 6.15. The Morgan fingerprint density at radius 1 is 1.37 bits per heavy atom. The van der Waals surface area contributed by atoms with Crippen molar-refractivity contribution in [2.75, 3.05) is 0 Å². The molecule has 0 atom stereocenters. The highest BCUT2D eigenvalue weighted by molar-refractivity contribution is 6.30. The largest absolute Gasteiger partial charge is 0.477 e. The Labute approximate surface area is 115 Å². The van der Waals surface area contributed by atoms with Gasteiger partial charge in [-0.3, -0.25) is 4.79 Å². The molecule has 2 N–H and O–H groups in total. The number of amides is 1. The summed E-state index contributed by atoms with van der Waals surface area (Å²) < 4.78 is 5.89. The monoisotopic (exact) mass is 276 g/mol. The van der Waals surface area contributed by atoms with Crippen LogP contribution < -0.4 is 10.5 Å². The molecule has 0 saturated heterocycles. The van der Waals surface area contributed by atoms with E-state index < -0.39 is 11.5 Å². The van der Waals surface area contributed by atoms with Crippen molar-refractivity contribution in [1.29, 1.82) is 0 Å². The van der Waals surface area contributed by atoms with Gasteiger partial charge in [-0.05, 0) is 31.4 Å². The molecule has 0 spiro atoms. The number of benzene rings is 1. The normalized spacial score (nSPS) is 16.9. The maximum absolute atomic E-state index is 11.6. The summed E-state index contributed by atoms with van der Waals surface area (Å²) in [6.45, 7) is 0. The van der Waals surface area contributed by atoms with Crippen LogP contribution in [0.1, 0.15) is 19.3 Å². The fourth-order valence-electron chi connectivity index (χ4n) is 2.30. The van der Waals surface area contributed by atoms with Gasteiger partial charge in [0.1, 0.15) is 10.9 Å². The van der Waals surface area contributed by atoms with E-state index in [-0.39, 0.29) is 0 Å². The summed E-state index contributed by atoms with van der Waals surface area (Å²) in [5.74, 6) is 0.143. The number of ether oxygens (including phenoxy) is 1. The molecular formula is C14H13ClN2O2. The molecule has 98 valence electrons. The van der Waals surface area contributed by atoms with Crippen LogP contribution in [0.15, 0.2) is 30.3 Å². The van der Waals surface area contributed by atoms with Gasteiger partial charge >= 0.3 is 0 Å². The third kappa shape index (κ3) is 2.02. The van der Waals surface area contributed by atoms with Gasteiger partial charge in [-0.1, -0.05) is 23.7 Å². The molecule has 4 nitrogen and oxygen atoms in total. The van der Waals surface area contributed by atoms with Crippen molar-refractivity contribution in [3.8, 4) is 5.75 Å². The van der Waals surface area contributed by atoms with E-state index >= 15 is 0 Å². The number of nitrogens with zero attached hydrogens (tertiary/aromatic N) is 1. The summed E-state index contributed by atoms with van der Waals surface area (Å²) in [6, 6.07) is 9.14. The summed E-state index contributed by atoms with van der Waals surface area (Å²) in [4.78, 5) is 15.8. The Bertz CT molecular complexity index is 653. The van der Waals surface area contributed by atoms with E-state index in [2.05, 4.69) is 4.98 Å². The summed E-state index contributed by atoms with van der Waals surface area (Å²) in [6.07, 6.45) is 2.24. The molecule has 1 aromatic heterocycles. The number of pyridine rings is 1. The third-order valence-corrected chi connectivity index (χ3v) is 3.76. The number of primary amides is 1. The fourth-order valence-corrected chi connectivity index (χ4v) is 2.49. The number of fused-ring (bicyclic) bond motifs is 1. The van der Waals surface area contributed by atoms with Gasteiger partial charge in [0, 0.05) is 11.5 Å². The van der Waals surface area contributed by atoms with Crippen molar-refractivity contribution in [2.24, 2.45) is 5.73 Å². The van der Waals surface area contributed by atoms with Gasteiger partial charge in [0.05, 0.1) is 5.52 Å². The average molecular weight is 277 g/mol. The van der Waals surface area contributed by atoms with Gasteiger partial charge in [0.15, 0.2) is 5.60 Å². The molecule has 0 radical (unpaired) electrons. The van der Waals surface area contributed by atoms with Crippen molar-refractivity contribution in [3.63, 3.8) is 0 Å². The number of aromatic nitrogens is 1. The number of rotatable bonds is 3. The van der Waals surface area contributed by atoms with Crippen LogP contribution in [0.4, 0.5) is 0 Å². The van der Waals surface area contributed by atoms with Gasteiger partial charge in [-0.25, -0.2) is 4.98 Å². The van der Waals surface area contributed by atoms with E-state index in [4.69, 9.17) is 22.1 Å². The zero-order valence-corrected chi connectivity index (χ0v) is 11.0. The molecule has 1 fully saturated rings. The summed E-state index contributed by atoms with van der Waals surface area (Å²) in [5, 5.41) is 1.17. The highest BCUT2D eigenvalue weighted by Gasteiger charge is 2.45. The smallest absolute Gasteiger partial charge is 0.261 e. The third-order valence-electron chi connectivity index (χ3n) is 3.56. The number of hydrogen-bond acceptors (Lipinski definition) is 3. The topological polar surface area (TPSA) is 65.2 Å². The van der Waals surface area contributed by atoms with Crippen molar-refractivity contribution in [1.82, 2.24) is 4.98 Å². The van der Waals surface area contributed by atoms with Gasteiger partial charge < -0.3 is 10.5 Å². The van der Waals surface area contributed by atoms with Crippen LogP contribution in [-0.2, 0) is 4.79 Å². The molecule has 0 unspecified atom stereocenters. The Morgan fingerprint density at radius 3 is 2.74 bits per heavy atom. The lowest BCUT2D eigenvalue weighted by molar-refractivity contribution is -0.140. The van der Waals surface area contributed by atoms with E-state index in [1.54, 1.807) is 6.07 Å². The second-order valence-electron chi connectivity index (χ2n) is 4.77. The Hall–Kier alpha value is -1.81. The van der Waals surface area contributed by atoms with E-state index in [0.29, 0.717) is 23.7 Å². The van der Waals surface area contributed by atoms with Crippen LogP contribution in [0.2, 0.25) is 5.15 Å². The number of para-hydroxylation sites is 1. The zero-order valence-electron chi connectivity index (χ0n) is 10.2. The Morgan fingerprint density at radius 2 is 2.11 bits per heavy atom. The SMILES string of the molecule is NC(=O)C1(Oc2cc(Cl)nc3ccccc23)CCC1. The molecule has 3 rings (SSSR count). The standard InChI is InChI=1S/C14H13ClN2O2/c15-12-8-11(9-4-1-2-5-10(9)17-12)19-14(13(16)18)6-3-7-14/h1-2,4-5,8H,3,6-7H2,(H2,16,18). The van der Waals surface area contributed by atoms with E-state index in [0.717, 1.165) is 17.3 Å². The van der Waals surface area contributed by atoms with Crippen LogP contribution in [0.25, 0.3) is 10.9 Å². The predicted octanol–water partition coefficient (Wildman–Crippen LogP) is 2.68. The molecule has 2 aromatic rings. The molecule has 1 amide bonds. The second-order valence-corrected chi connectivity index (χ2v) is 5.16. The molecule has 5 heteroatoms. The summed E-state index contributed by atoms with van der Waals surface area (Å²) >= 11 is 5.99. The number of carbonyl (C=O) groups is 1. The number of hydrogen-bond donors (Lipinski definition) is 1. The molecule has 1 aromatic carbocycles.